The van der Waals surface area contributed by atoms with Crippen molar-refractivity contribution in [2.75, 3.05) is 19.3 Å². The smallest absolute Gasteiger partial charge is 0.255 e. The number of nitrogen functional groups attached to an aromatic ring is 1. The van der Waals surface area contributed by atoms with Crippen molar-refractivity contribution in [3.05, 3.63) is 50.6 Å². The topological polar surface area (TPSA) is 46.3 Å². The molecule has 0 spiro atoms. The van der Waals surface area contributed by atoms with Crippen molar-refractivity contribution in [1.82, 2.24) is 4.90 Å². The predicted molar refractivity (Wildman–Crippen MR) is 83.5 cm³/mol. The summed E-state index contributed by atoms with van der Waals surface area (Å²) in [7, 11) is 1.80. The molecule has 0 fully saturated rings. The molecule has 1 aromatic heterocycles. The van der Waals surface area contributed by atoms with Crippen molar-refractivity contribution >= 4 is 38.9 Å². The van der Waals surface area contributed by atoms with E-state index in [1.165, 1.54) is 4.88 Å². The second-order valence-corrected chi connectivity index (χ2v) is 6.24. The molecule has 2 N–H and O–H groups in total. The van der Waals surface area contributed by atoms with Crippen molar-refractivity contribution in [2.24, 2.45) is 0 Å². The van der Waals surface area contributed by atoms with E-state index < -0.39 is 0 Å². The van der Waals surface area contributed by atoms with Crippen molar-refractivity contribution in [2.45, 2.75) is 6.42 Å². The maximum absolute atomic E-state index is 12.3. The quantitative estimate of drug-likeness (QED) is 0.868. The van der Waals surface area contributed by atoms with Gasteiger partial charge in [0.15, 0.2) is 0 Å². The number of likely N-dealkylation sites (N-methyl/N-ethyl adjacent to an activating group) is 1. The van der Waals surface area contributed by atoms with Gasteiger partial charge in [-0.05, 0) is 36.1 Å². The number of nitrogens with two attached hydrogens (primary N) is 1. The van der Waals surface area contributed by atoms with E-state index in [0.717, 1.165) is 10.9 Å². The van der Waals surface area contributed by atoms with Crippen molar-refractivity contribution in [3.63, 3.8) is 0 Å². The van der Waals surface area contributed by atoms with Gasteiger partial charge >= 0.3 is 0 Å². The van der Waals surface area contributed by atoms with Gasteiger partial charge in [-0.2, -0.15) is 0 Å². The molecule has 1 aromatic carbocycles. The van der Waals surface area contributed by atoms with Gasteiger partial charge in [0.1, 0.15) is 0 Å². The highest BCUT2D eigenvalue weighted by molar-refractivity contribution is 9.10. The number of carbonyl (C=O) groups excluding carboxylic acids is 1. The first-order chi connectivity index (χ1) is 9.08. The fourth-order valence-corrected chi connectivity index (χ4v) is 2.81. The highest BCUT2D eigenvalue weighted by Gasteiger charge is 2.15. The third-order valence-electron chi connectivity index (χ3n) is 2.87. The Bertz CT molecular complexity index is 569. The van der Waals surface area contributed by atoms with E-state index in [0.29, 0.717) is 17.8 Å². The van der Waals surface area contributed by atoms with Crippen LogP contribution in [0.25, 0.3) is 0 Å². The zero-order valence-corrected chi connectivity index (χ0v) is 13.0. The average Bonchev–Trinajstić information content (AvgIpc) is 2.91. The fourth-order valence-electron chi connectivity index (χ4n) is 1.75. The number of anilines is 1. The number of benzene rings is 1. The maximum atomic E-state index is 12.3. The molecular weight excluding hydrogens is 324 g/mol. The molecule has 0 aliphatic carbocycles. The molecule has 100 valence electrons. The van der Waals surface area contributed by atoms with Gasteiger partial charge in [-0.15, -0.1) is 11.3 Å². The molecule has 5 heteroatoms. The Morgan fingerprint density at radius 1 is 1.42 bits per heavy atom. The van der Waals surface area contributed by atoms with Gasteiger partial charge in [-0.25, -0.2) is 0 Å². The Labute approximate surface area is 125 Å². The van der Waals surface area contributed by atoms with Crippen LogP contribution in [0.3, 0.4) is 0 Å². The van der Waals surface area contributed by atoms with Gasteiger partial charge in [-0.3, -0.25) is 4.79 Å². The number of amides is 1. The average molecular weight is 339 g/mol. The van der Waals surface area contributed by atoms with Crippen LogP contribution in [0.5, 0.6) is 0 Å². The molecule has 1 heterocycles. The van der Waals surface area contributed by atoms with Gasteiger partial charge in [0.05, 0.1) is 5.56 Å². The maximum Gasteiger partial charge on any atom is 0.255 e. The number of thiophene rings is 1. The Morgan fingerprint density at radius 3 is 2.89 bits per heavy atom. The third-order valence-corrected chi connectivity index (χ3v) is 4.30. The van der Waals surface area contributed by atoms with Crippen LogP contribution in [0.15, 0.2) is 40.2 Å². The number of hydrogen-bond donors (Lipinski definition) is 1. The van der Waals surface area contributed by atoms with E-state index in [2.05, 4.69) is 22.0 Å². The Morgan fingerprint density at radius 2 is 2.21 bits per heavy atom. The normalized spacial score (nSPS) is 10.4. The fraction of sp³-hybridized carbons (Fsp3) is 0.214. The number of nitrogens with zero attached hydrogens (tertiary/aromatic N) is 1. The van der Waals surface area contributed by atoms with E-state index in [9.17, 15) is 4.79 Å². The largest absolute Gasteiger partial charge is 0.398 e. The van der Waals surface area contributed by atoms with Crippen LogP contribution >= 0.6 is 27.3 Å². The minimum atomic E-state index is -0.0460. The molecule has 3 nitrogen and oxygen atoms in total. The van der Waals surface area contributed by atoms with Crippen molar-refractivity contribution in [1.29, 1.82) is 0 Å². The summed E-state index contributed by atoms with van der Waals surface area (Å²) in [6, 6.07) is 9.44. The van der Waals surface area contributed by atoms with Crippen LogP contribution in [-0.4, -0.2) is 24.4 Å². The summed E-state index contributed by atoms with van der Waals surface area (Å²) in [5.74, 6) is -0.0460. The van der Waals surface area contributed by atoms with E-state index in [1.807, 2.05) is 17.5 Å². The van der Waals surface area contributed by atoms with Gasteiger partial charge in [0.2, 0.25) is 0 Å². The van der Waals surface area contributed by atoms with Gasteiger partial charge in [-0.1, -0.05) is 22.0 Å². The SMILES string of the molecule is CN(CCc1cccs1)C(=O)c1cc(Br)ccc1N. The first-order valence-electron chi connectivity index (χ1n) is 5.91. The second kappa shape index (κ2) is 6.21. The number of rotatable bonds is 4. The molecule has 2 rings (SSSR count). The van der Waals surface area contributed by atoms with Crippen LogP contribution in [0.1, 0.15) is 15.2 Å². The molecule has 0 saturated heterocycles. The lowest BCUT2D eigenvalue weighted by molar-refractivity contribution is 0.0798. The molecule has 0 unspecified atom stereocenters. The van der Waals surface area contributed by atoms with E-state index in [4.69, 9.17) is 5.73 Å². The van der Waals surface area contributed by atoms with E-state index in [1.54, 1.807) is 35.4 Å². The summed E-state index contributed by atoms with van der Waals surface area (Å²) >= 11 is 5.07. The molecule has 0 atom stereocenters. The second-order valence-electron chi connectivity index (χ2n) is 4.29. The molecule has 1 amide bonds. The minimum Gasteiger partial charge on any atom is -0.398 e. The Hall–Kier alpha value is -1.33. The van der Waals surface area contributed by atoms with Crippen LogP contribution in [0.2, 0.25) is 0 Å². The van der Waals surface area contributed by atoms with Crippen molar-refractivity contribution in [3.8, 4) is 0 Å². The molecule has 0 saturated carbocycles. The van der Waals surface area contributed by atoms with Gasteiger partial charge in [0, 0.05) is 28.6 Å². The van der Waals surface area contributed by atoms with Crippen LogP contribution in [0, 0.1) is 0 Å². The summed E-state index contributed by atoms with van der Waals surface area (Å²) < 4.78 is 0.858. The molecule has 0 bridgehead atoms. The van der Waals surface area contributed by atoms with Crippen molar-refractivity contribution < 1.29 is 4.79 Å². The monoisotopic (exact) mass is 338 g/mol. The lowest BCUT2D eigenvalue weighted by atomic mass is 10.1. The summed E-state index contributed by atoms with van der Waals surface area (Å²) in [5, 5.41) is 2.05. The number of halogens is 1. The van der Waals surface area contributed by atoms with Crippen LogP contribution < -0.4 is 5.73 Å². The standard InChI is InChI=1S/C14H15BrN2OS/c1-17(7-6-11-3-2-8-19-11)14(18)12-9-10(15)4-5-13(12)16/h2-5,8-9H,6-7,16H2,1H3. The summed E-state index contributed by atoms with van der Waals surface area (Å²) in [6.45, 7) is 0.686. The van der Waals surface area contributed by atoms with E-state index in [-0.39, 0.29) is 5.91 Å². The first-order valence-corrected chi connectivity index (χ1v) is 7.58. The van der Waals surface area contributed by atoms with Gasteiger partial charge in [0.25, 0.3) is 5.91 Å². The number of carbonyl (C=O) groups is 1. The highest BCUT2D eigenvalue weighted by Crippen LogP contribution is 2.20. The molecule has 0 aliphatic heterocycles. The molecule has 2 aromatic rings. The Kier molecular flexibility index (Phi) is 4.61. The van der Waals surface area contributed by atoms with Crippen LogP contribution in [-0.2, 0) is 6.42 Å². The lowest BCUT2D eigenvalue weighted by Crippen LogP contribution is -2.29. The summed E-state index contributed by atoms with van der Waals surface area (Å²) in [6.07, 6.45) is 0.869. The predicted octanol–water partition coefficient (Wildman–Crippen LogP) is 3.41. The third kappa shape index (κ3) is 3.58. The van der Waals surface area contributed by atoms with Gasteiger partial charge < -0.3 is 10.6 Å². The number of hydrogen-bond acceptors (Lipinski definition) is 3. The first kappa shape index (κ1) is 14.1. The molecule has 19 heavy (non-hydrogen) atoms. The zero-order chi connectivity index (χ0) is 13.8. The summed E-state index contributed by atoms with van der Waals surface area (Å²) in [5.41, 5.74) is 6.91. The molecular formula is C14H15BrN2OS. The lowest BCUT2D eigenvalue weighted by Gasteiger charge is -2.18. The molecule has 0 aliphatic rings. The molecule has 0 radical (unpaired) electrons. The van der Waals surface area contributed by atoms with Crippen LogP contribution in [0.4, 0.5) is 5.69 Å². The minimum absolute atomic E-state index is 0.0460. The van der Waals surface area contributed by atoms with E-state index >= 15 is 0 Å². The zero-order valence-electron chi connectivity index (χ0n) is 10.6. The highest BCUT2D eigenvalue weighted by atomic mass is 79.9. The Balaban J connectivity index is 2.04. The summed E-state index contributed by atoms with van der Waals surface area (Å²) in [4.78, 5) is 15.3.